The first-order valence-electron chi connectivity index (χ1n) is 5.76. The van der Waals surface area contributed by atoms with Crippen molar-refractivity contribution < 1.29 is 19.1 Å². The first-order chi connectivity index (χ1) is 7.82. The number of nitrogens with zero attached hydrogens (tertiary/aromatic N) is 1. The van der Waals surface area contributed by atoms with E-state index in [2.05, 4.69) is 0 Å². The number of carbonyl (C=O) groups excluding carboxylic acids is 2. The van der Waals surface area contributed by atoms with Gasteiger partial charge in [0.05, 0.1) is 13.2 Å². The molecule has 0 rings (SSSR count). The van der Waals surface area contributed by atoms with Crippen LogP contribution in [0.4, 0.5) is 0 Å². The molecule has 5 nitrogen and oxygen atoms in total. The molecule has 5 heteroatoms. The molecule has 0 saturated carbocycles. The van der Waals surface area contributed by atoms with Gasteiger partial charge in [-0.15, -0.1) is 0 Å². The monoisotopic (exact) mass is 245 g/mol. The van der Waals surface area contributed by atoms with Crippen LogP contribution in [0.1, 0.15) is 27.7 Å². The summed E-state index contributed by atoms with van der Waals surface area (Å²) in [5, 5.41) is 0. The minimum absolute atomic E-state index is 0.0205. The van der Waals surface area contributed by atoms with Crippen LogP contribution in [0.5, 0.6) is 0 Å². The van der Waals surface area contributed by atoms with Gasteiger partial charge in [0.15, 0.2) is 0 Å². The quantitative estimate of drug-likeness (QED) is 0.657. The number of carbonyl (C=O) groups is 2. The van der Waals surface area contributed by atoms with Gasteiger partial charge in [0.25, 0.3) is 0 Å². The highest BCUT2D eigenvalue weighted by Crippen LogP contribution is 2.17. The molecule has 0 bridgehead atoms. The number of hydrogen-bond donors (Lipinski definition) is 0. The third-order valence-electron chi connectivity index (χ3n) is 2.12. The Bertz CT molecular complexity index is 258. The number of amides is 1. The van der Waals surface area contributed by atoms with E-state index in [1.165, 1.54) is 4.90 Å². The van der Waals surface area contributed by atoms with Crippen molar-refractivity contribution in [2.45, 2.75) is 27.7 Å². The molecule has 0 N–H and O–H groups in total. The predicted octanol–water partition coefficient (Wildman–Crippen LogP) is 1.07. The van der Waals surface area contributed by atoms with Crippen LogP contribution < -0.4 is 0 Å². The molecule has 0 unspecified atom stereocenters. The van der Waals surface area contributed by atoms with Gasteiger partial charge in [0.1, 0.15) is 6.54 Å². The lowest BCUT2D eigenvalue weighted by molar-refractivity contribution is -0.152. The number of ether oxygens (including phenoxy) is 2. The van der Waals surface area contributed by atoms with Crippen LogP contribution in [0.3, 0.4) is 0 Å². The summed E-state index contributed by atoms with van der Waals surface area (Å²) in [6, 6.07) is 0. The second kappa shape index (κ2) is 7.27. The molecule has 0 heterocycles. The number of hydrogen-bond acceptors (Lipinski definition) is 4. The third-order valence-corrected chi connectivity index (χ3v) is 2.12. The van der Waals surface area contributed by atoms with Crippen LogP contribution in [-0.4, -0.2) is 50.2 Å². The van der Waals surface area contributed by atoms with Crippen molar-refractivity contribution >= 4 is 11.9 Å². The molecule has 0 spiro atoms. The van der Waals surface area contributed by atoms with E-state index in [-0.39, 0.29) is 18.4 Å². The highest BCUT2D eigenvalue weighted by molar-refractivity contribution is 5.85. The molecule has 0 aliphatic heterocycles. The lowest BCUT2D eigenvalue weighted by Gasteiger charge is -2.28. The Labute approximate surface area is 103 Å². The van der Waals surface area contributed by atoms with Gasteiger partial charge < -0.3 is 14.4 Å². The molecular weight excluding hydrogens is 222 g/mol. The van der Waals surface area contributed by atoms with Crippen LogP contribution in [0, 0.1) is 5.41 Å². The molecule has 0 aromatic carbocycles. The maximum Gasteiger partial charge on any atom is 0.325 e. The zero-order chi connectivity index (χ0) is 13.5. The predicted molar refractivity (Wildman–Crippen MR) is 64.5 cm³/mol. The van der Waals surface area contributed by atoms with Crippen LogP contribution in [0.2, 0.25) is 0 Å². The van der Waals surface area contributed by atoms with E-state index in [0.29, 0.717) is 19.8 Å². The van der Waals surface area contributed by atoms with Crippen molar-refractivity contribution in [3.8, 4) is 0 Å². The third kappa shape index (κ3) is 6.26. The van der Waals surface area contributed by atoms with Crippen LogP contribution in [0.25, 0.3) is 0 Å². The smallest absolute Gasteiger partial charge is 0.325 e. The van der Waals surface area contributed by atoms with E-state index < -0.39 is 5.41 Å². The van der Waals surface area contributed by atoms with Gasteiger partial charge in [0.2, 0.25) is 5.91 Å². The van der Waals surface area contributed by atoms with Gasteiger partial charge in [-0.1, -0.05) is 20.8 Å². The average Bonchev–Trinajstić information content (AvgIpc) is 2.22. The molecule has 0 aromatic heterocycles. The van der Waals surface area contributed by atoms with Gasteiger partial charge in [-0.3, -0.25) is 9.59 Å². The summed E-state index contributed by atoms with van der Waals surface area (Å²) in [6.07, 6.45) is 0. The molecule has 0 saturated heterocycles. The summed E-state index contributed by atoms with van der Waals surface area (Å²) in [4.78, 5) is 24.9. The van der Waals surface area contributed by atoms with Crippen molar-refractivity contribution in [1.29, 1.82) is 0 Å². The lowest BCUT2D eigenvalue weighted by Crippen LogP contribution is -2.44. The van der Waals surface area contributed by atoms with E-state index in [1.807, 2.05) is 20.8 Å². The first-order valence-corrected chi connectivity index (χ1v) is 5.76. The summed E-state index contributed by atoms with van der Waals surface area (Å²) in [7, 11) is 1.56. The van der Waals surface area contributed by atoms with E-state index in [9.17, 15) is 9.59 Å². The zero-order valence-electron chi connectivity index (χ0n) is 11.4. The van der Waals surface area contributed by atoms with Gasteiger partial charge in [-0.25, -0.2) is 0 Å². The van der Waals surface area contributed by atoms with Crippen molar-refractivity contribution in [3.63, 3.8) is 0 Å². The molecular formula is C12H23NO4. The van der Waals surface area contributed by atoms with Gasteiger partial charge in [0, 0.05) is 19.1 Å². The van der Waals surface area contributed by atoms with Crippen molar-refractivity contribution in [3.05, 3.63) is 0 Å². The van der Waals surface area contributed by atoms with Gasteiger partial charge >= 0.3 is 5.97 Å². The zero-order valence-corrected chi connectivity index (χ0v) is 11.4. The maximum absolute atomic E-state index is 12.1. The molecule has 0 radical (unpaired) electrons. The highest BCUT2D eigenvalue weighted by atomic mass is 16.5. The molecule has 0 atom stereocenters. The van der Waals surface area contributed by atoms with Crippen molar-refractivity contribution in [2.75, 3.05) is 33.4 Å². The summed E-state index contributed by atoms with van der Waals surface area (Å²) in [6.45, 7) is 8.30. The molecule has 0 fully saturated rings. The summed E-state index contributed by atoms with van der Waals surface area (Å²) in [5.74, 6) is -0.469. The van der Waals surface area contributed by atoms with Gasteiger partial charge in [-0.05, 0) is 6.92 Å². The van der Waals surface area contributed by atoms with Crippen LogP contribution >= 0.6 is 0 Å². The second-order valence-electron chi connectivity index (χ2n) is 4.77. The number of esters is 1. The average molecular weight is 245 g/mol. The lowest BCUT2D eigenvalue weighted by atomic mass is 9.94. The fraction of sp³-hybridized carbons (Fsp3) is 0.833. The molecule has 0 aliphatic rings. The largest absolute Gasteiger partial charge is 0.465 e. The number of methoxy groups -OCH3 is 1. The molecule has 0 aromatic rings. The summed E-state index contributed by atoms with van der Waals surface area (Å²) >= 11 is 0. The Balaban J connectivity index is 4.53. The minimum Gasteiger partial charge on any atom is -0.465 e. The molecule has 100 valence electrons. The Morgan fingerprint density at radius 1 is 1.24 bits per heavy atom. The van der Waals surface area contributed by atoms with Crippen LogP contribution in [0.15, 0.2) is 0 Å². The van der Waals surface area contributed by atoms with E-state index in [4.69, 9.17) is 9.47 Å². The minimum atomic E-state index is -0.514. The van der Waals surface area contributed by atoms with Crippen LogP contribution in [-0.2, 0) is 19.1 Å². The Hall–Kier alpha value is -1.10. The first kappa shape index (κ1) is 15.9. The number of rotatable bonds is 6. The van der Waals surface area contributed by atoms with Gasteiger partial charge in [-0.2, -0.15) is 0 Å². The standard InChI is InChI=1S/C12H23NO4/c1-6-17-10(14)9-13(7-8-16-5)11(15)12(2,3)4/h6-9H2,1-5H3. The van der Waals surface area contributed by atoms with Crippen molar-refractivity contribution in [2.24, 2.45) is 5.41 Å². The maximum atomic E-state index is 12.1. The topological polar surface area (TPSA) is 55.8 Å². The van der Waals surface area contributed by atoms with E-state index in [0.717, 1.165) is 0 Å². The Morgan fingerprint density at radius 3 is 2.24 bits per heavy atom. The van der Waals surface area contributed by atoms with Crippen molar-refractivity contribution in [1.82, 2.24) is 4.90 Å². The normalized spacial score (nSPS) is 11.1. The second-order valence-corrected chi connectivity index (χ2v) is 4.77. The molecule has 17 heavy (non-hydrogen) atoms. The van der Waals surface area contributed by atoms with E-state index >= 15 is 0 Å². The fourth-order valence-electron chi connectivity index (χ4n) is 1.29. The Kier molecular flexibility index (Phi) is 6.80. The fourth-order valence-corrected chi connectivity index (χ4v) is 1.29. The molecule has 1 amide bonds. The Morgan fingerprint density at radius 2 is 1.82 bits per heavy atom. The summed E-state index contributed by atoms with van der Waals surface area (Å²) in [5.41, 5.74) is -0.514. The van der Waals surface area contributed by atoms with E-state index in [1.54, 1.807) is 14.0 Å². The summed E-state index contributed by atoms with van der Waals surface area (Å²) < 4.78 is 9.77. The molecule has 0 aliphatic carbocycles. The SMILES string of the molecule is CCOC(=O)CN(CCOC)C(=O)C(C)(C)C. The highest BCUT2D eigenvalue weighted by Gasteiger charge is 2.28.